The quantitative estimate of drug-likeness (QED) is 0.149. The molecule has 8 nitrogen and oxygen atoms in total. The normalized spacial score (nSPS) is 12.2. The Morgan fingerprint density at radius 2 is 1.91 bits per heavy atom. The summed E-state index contributed by atoms with van der Waals surface area (Å²) in [5.41, 5.74) is 1.88. The van der Waals surface area contributed by atoms with Crippen LogP contribution in [0.1, 0.15) is 5.76 Å². The summed E-state index contributed by atoms with van der Waals surface area (Å²) in [4.78, 5) is 15.4. The number of hydrogen-bond donors (Lipinski definition) is 0. The van der Waals surface area contributed by atoms with Crippen LogP contribution in [-0.2, 0) is 0 Å². The Bertz CT molecular complexity index is 1560. The Labute approximate surface area is 199 Å². The third kappa shape index (κ3) is 4.34. The Kier molecular flexibility index (Phi) is 5.59. The van der Waals surface area contributed by atoms with Gasteiger partial charge in [0.25, 0.3) is 0 Å². The second kappa shape index (κ2) is 8.70. The largest absolute Gasteiger partial charge is 0.454 e. The molecule has 3 aromatic heterocycles. The predicted octanol–water partition coefficient (Wildman–Crippen LogP) is 6.89. The van der Waals surface area contributed by atoms with Gasteiger partial charge in [-0.25, -0.2) is 9.67 Å². The molecular weight excluding hydrogens is 487 g/mol. The molecule has 0 aliphatic carbocycles. The minimum absolute atomic E-state index is 0.214. The van der Waals surface area contributed by atoms with E-state index in [1.807, 2.05) is 35.7 Å². The molecule has 0 atom stereocenters. The van der Waals surface area contributed by atoms with Crippen LogP contribution in [0.4, 0.5) is 11.6 Å². The zero-order valence-electron chi connectivity index (χ0n) is 16.5. The summed E-state index contributed by atoms with van der Waals surface area (Å²) in [6, 6.07) is 17.3. The van der Waals surface area contributed by atoms with Crippen LogP contribution < -0.4 is 4.80 Å². The van der Waals surface area contributed by atoms with Crippen molar-refractivity contribution in [1.29, 1.82) is 0 Å². The highest BCUT2D eigenvalue weighted by molar-refractivity contribution is 7.07. The summed E-state index contributed by atoms with van der Waals surface area (Å²) in [5, 5.41) is 19.0. The number of furan rings is 2. The first-order valence-corrected chi connectivity index (χ1v) is 11.1. The smallest absolute Gasteiger partial charge is 0.433 e. The lowest BCUT2D eigenvalue weighted by Crippen LogP contribution is -2.11. The van der Waals surface area contributed by atoms with E-state index in [-0.39, 0.29) is 11.6 Å². The van der Waals surface area contributed by atoms with Crippen LogP contribution in [0.5, 0.6) is 0 Å². The minimum atomic E-state index is -0.613. The second-order valence-electron chi connectivity index (χ2n) is 6.75. The van der Waals surface area contributed by atoms with Crippen molar-refractivity contribution in [3.8, 4) is 11.5 Å². The van der Waals surface area contributed by atoms with E-state index in [1.54, 1.807) is 22.9 Å². The predicted molar refractivity (Wildman–Crippen MR) is 128 cm³/mol. The fraction of sp³-hybridized carbons (Fsp3) is 0. The third-order valence-electron chi connectivity index (χ3n) is 4.58. The SMILES string of the molecule is O=[N+]([O-])c1ccc(C=Nn2c(-c3cc4ccccc4o3)csc2=Nc2ccc(Cl)cc2Cl)o1. The zero-order chi connectivity index (χ0) is 22.9. The van der Waals surface area contributed by atoms with Crippen LogP contribution in [0.2, 0.25) is 10.0 Å². The first-order chi connectivity index (χ1) is 16.0. The zero-order valence-corrected chi connectivity index (χ0v) is 18.8. The molecule has 0 aliphatic rings. The molecule has 5 rings (SSSR count). The number of benzene rings is 2. The molecular formula is C22H12Cl2N4O4S. The van der Waals surface area contributed by atoms with Crippen LogP contribution in [0.25, 0.3) is 22.4 Å². The van der Waals surface area contributed by atoms with Gasteiger partial charge in [0.1, 0.15) is 16.2 Å². The number of aromatic nitrogens is 1. The lowest BCUT2D eigenvalue weighted by atomic mass is 10.2. The molecule has 0 saturated carbocycles. The van der Waals surface area contributed by atoms with Crippen molar-refractivity contribution in [3.05, 3.63) is 96.8 Å². The van der Waals surface area contributed by atoms with Crippen molar-refractivity contribution in [3.63, 3.8) is 0 Å². The minimum Gasteiger partial charge on any atom is -0.454 e. The second-order valence-corrected chi connectivity index (χ2v) is 8.43. The number of fused-ring (bicyclic) bond motifs is 1. The maximum absolute atomic E-state index is 10.9. The molecule has 2 aromatic carbocycles. The lowest BCUT2D eigenvalue weighted by molar-refractivity contribution is -0.402. The number of halogens is 2. The molecule has 33 heavy (non-hydrogen) atoms. The topological polar surface area (TPSA) is 99.1 Å². The number of rotatable bonds is 5. The van der Waals surface area contributed by atoms with Gasteiger partial charge in [-0.05, 0) is 36.4 Å². The first kappa shape index (κ1) is 21.2. The molecule has 3 heterocycles. The van der Waals surface area contributed by atoms with Crippen LogP contribution in [0.15, 0.2) is 85.0 Å². The van der Waals surface area contributed by atoms with Gasteiger partial charge in [0.05, 0.1) is 23.0 Å². The molecule has 0 radical (unpaired) electrons. The van der Waals surface area contributed by atoms with Gasteiger partial charge in [-0.1, -0.05) is 41.4 Å². The van der Waals surface area contributed by atoms with Crippen molar-refractivity contribution in [2.75, 3.05) is 0 Å². The van der Waals surface area contributed by atoms with E-state index in [2.05, 4.69) is 10.1 Å². The first-order valence-electron chi connectivity index (χ1n) is 9.46. The highest BCUT2D eigenvalue weighted by atomic mass is 35.5. The average molecular weight is 499 g/mol. The number of hydrogen-bond acceptors (Lipinski definition) is 7. The van der Waals surface area contributed by atoms with E-state index >= 15 is 0 Å². The summed E-state index contributed by atoms with van der Waals surface area (Å²) >= 11 is 13.6. The number of para-hydroxylation sites is 1. The van der Waals surface area contributed by atoms with E-state index < -0.39 is 4.92 Å². The summed E-state index contributed by atoms with van der Waals surface area (Å²) in [7, 11) is 0. The molecule has 5 aromatic rings. The van der Waals surface area contributed by atoms with Gasteiger partial charge in [-0.3, -0.25) is 10.1 Å². The maximum Gasteiger partial charge on any atom is 0.433 e. The summed E-state index contributed by atoms with van der Waals surface area (Å²) in [6.45, 7) is 0. The summed E-state index contributed by atoms with van der Waals surface area (Å²) < 4.78 is 12.7. The van der Waals surface area contributed by atoms with E-state index in [0.29, 0.717) is 32.0 Å². The fourth-order valence-corrected chi connectivity index (χ4v) is 4.35. The molecule has 0 saturated heterocycles. The fourth-order valence-electron chi connectivity index (χ4n) is 3.07. The van der Waals surface area contributed by atoms with Crippen LogP contribution in [0.3, 0.4) is 0 Å². The highest BCUT2D eigenvalue weighted by Gasteiger charge is 2.14. The summed E-state index contributed by atoms with van der Waals surface area (Å²) in [6.07, 6.45) is 1.37. The van der Waals surface area contributed by atoms with Gasteiger partial charge < -0.3 is 8.83 Å². The van der Waals surface area contributed by atoms with Crippen molar-refractivity contribution >= 4 is 63.3 Å². The molecule has 0 N–H and O–H groups in total. The lowest BCUT2D eigenvalue weighted by Gasteiger charge is -2.01. The van der Waals surface area contributed by atoms with Gasteiger partial charge in [0, 0.05) is 15.8 Å². The van der Waals surface area contributed by atoms with Gasteiger partial charge in [0.2, 0.25) is 4.80 Å². The van der Waals surface area contributed by atoms with Crippen molar-refractivity contribution in [2.45, 2.75) is 0 Å². The Hall–Kier alpha value is -3.66. The molecule has 0 aliphatic heterocycles. The Balaban J connectivity index is 1.65. The monoisotopic (exact) mass is 498 g/mol. The molecule has 164 valence electrons. The van der Waals surface area contributed by atoms with Crippen molar-refractivity contribution in [1.82, 2.24) is 4.68 Å². The molecule has 0 amide bonds. The van der Waals surface area contributed by atoms with Crippen molar-refractivity contribution in [2.24, 2.45) is 10.1 Å². The highest BCUT2D eigenvalue weighted by Crippen LogP contribution is 2.30. The van der Waals surface area contributed by atoms with Gasteiger partial charge in [0.15, 0.2) is 11.5 Å². The Morgan fingerprint density at radius 1 is 1.06 bits per heavy atom. The van der Waals surface area contributed by atoms with Crippen LogP contribution in [-0.4, -0.2) is 15.8 Å². The standard InChI is InChI=1S/C22H12Cl2N4O4S/c23-14-5-7-17(16(24)10-14)26-22-27(25-11-15-6-8-21(31-15)28(29)30)18(12-33-22)20-9-13-3-1-2-4-19(13)32-20/h1-12H. The molecule has 11 heteroatoms. The van der Waals surface area contributed by atoms with Gasteiger partial charge in [-0.2, -0.15) is 5.10 Å². The van der Waals surface area contributed by atoms with Gasteiger partial charge >= 0.3 is 5.88 Å². The Morgan fingerprint density at radius 3 is 2.67 bits per heavy atom. The van der Waals surface area contributed by atoms with Crippen molar-refractivity contribution < 1.29 is 13.8 Å². The number of thiazole rings is 1. The van der Waals surface area contributed by atoms with E-state index in [9.17, 15) is 10.1 Å². The molecule has 0 bridgehead atoms. The van der Waals surface area contributed by atoms with Crippen LogP contribution >= 0.6 is 34.5 Å². The third-order valence-corrected chi connectivity index (χ3v) is 5.94. The van der Waals surface area contributed by atoms with E-state index in [4.69, 9.17) is 32.0 Å². The molecule has 0 unspecified atom stereocenters. The number of nitrogens with zero attached hydrogens (tertiary/aromatic N) is 4. The molecule has 0 fully saturated rings. The van der Waals surface area contributed by atoms with E-state index in [0.717, 1.165) is 11.0 Å². The maximum atomic E-state index is 10.9. The summed E-state index contributed by atoms with van der Waals surface area (Å²) in [5.74, 6) is 0.423. The number of nitro groups is 1. The van der Waals surface area contributed by atoms with E-state index in [1.165, 1.54) is 29.7 Å². The van der Waals surface area contributed by atoms with Crippen LogP contribution in [0, 0.1) is 10.1 Å². The average Bonchev–Trinajstić information content (AvgIpc) is 3.52. The molecule has 0 spiro atoms. The van der Waals surface area contributed by atoms with Gasteiger partial charge in [-0.15, -0.1) is 11.3 Å².